The number of nitrogens with zero attached hydrogens (tertiary/aromatic N) is 1. The van der Waals surface area contributed by atoms with E-state index in [1.165, 1.54) is 50.7 Å². The van der Waals surface area contributed by atoms with Crippen molar-refractivity contribution < 1.29 is 33.6 Å². The van der Waals surface area contributed by atoms with Gasteiger partial charge < -0.3 is 29.0 Å². The number of halogens is 2. The lowest BCUT2D eigenvalue weighted by molar-refractivity contribution is -0.140. The molecule has 37 heavy (non-hydrogen) atoms. The number of Topliss-reactive ketones (excluding diaryl/α,β-unsaturated/α-hetero) is 1. The fourth-order valence-corrected chi connectivity index (χ4v) is 5.66. The fourth-order valence-electron chi connectivity index (χ4n) is 4.27. The molecule has 1 unspecified atom stereocenters. The predicted molar refractivity (Wildman–Crippen MR) is 141 cm³/mol. The van der Waals surface area contributed by atoms with Gasteiger partial charge in [-0.3, -0.25) is 9.59 Å². The van der Waals surface area contributed by atoms with Crippen molar-refractivity contribution >= 4 is 52.0 Å². The minimum absolute atomic E-state index is 0.00882. The van der Waals surface area contributed by atoms with Crippen molar-refractivity contribution in [3.63, 3.8) is 0 Å². The zero-order chi connectivity index (χ0) is 26.9. The Hall–Kier alpha value is -3.40. The van der Waals surface area contributed by atoms with Crippen LogP contribution in [0.25, 0.3) is 5.76 Å². The number of ether oxygens (including phenoxy) is 4. The molecule has 2 aromatic carbocycles. The van der Waals surface area contributed by atoms with Gasteiger partial charge in [0.2, 0.25) is 0 Å². The molecule has 0 saturated carbocycles. The Morgan fingerprint density at radius 1 is 0.973 bits per heavy atom. The van der Waals surface area contributed by atoms with Crippen molar-refractivity contribution in [3.05, 3.63) is 73.4 Å². The highest BCUT2D eigenvalue weighted by atomic mass is 35.5. The summed E-state index contributed by atoms with van der Waals surface area (Å²) in [6, 6.07) is 9.18. The Balaban J connectivity index is 1.98. The van der Waals surface area contributed by atoms with E-state index in [1.54, 1.807) is 18.2 Å². The molecule has 1 aliphatic heterocycles. The Morgan fingerprint density at radius 3 is 2.27 bits per heavy atom. The van der Waals surface area contributed by atoms with Crippen LogP contribution in [0.4, 0.5) is 0 Å². The number of amides is 1. The first-order valence-corrected chi connectivity index (χ1v) is 12.5. The second-order valence-corrected chi connectivity index (χ2v) is 9.72. The molecule has 0 radical (unpaired) electrons. The number of aliphatic hydroxyl groups excluding tert-OH is 1. The van der Waals surface area contributed by atoms with Gasteiger partial charge in [0.15, 0.2) is 23.0 Å². The van der Waals surface area contributed by atoms with Crippen LogP contribution < -0.4 is 18.9 Å². The molecule has 4 rings (SSSR count). The van der Waals surface area contributed by atoms with Crippen molar-refractivity contribution in [2.24, 2.45) is 0 Å². The van der Waals surface area contributed by atoms with Crippen molar-refractivity contribution in [1.82, 2.24) is 4.90 Å². The summed E-state index contributed by atoms with van der Waals surface area (Å²) in [6.07, 6.45) is 0. The first-order chi connectivity index (χ1) is 17.8. The molecule has 194 valence electrons. The number of ketones is 1. The van der Waals surface area contributed by atoms with Gasteiger partial charge in [0.1, 0.15) is 10.8 Å². The largest absolute Gasteiger partial charge is 0.507 e. The lowest BCUT2D eigenvalue weighted by Gasteiger charge is -2.26. The van der Waals surface area contributed by atoms with E-state index < -0.39 is 23.5 Å². The quantitative estimate of drug-likeness (QED) is 0.213. The van der Waals surface area contributed by atoms with Crippen LogP contribution in [0.3, 0.4) is 0 Å². The van der Waals surface area contributed by atoms with Gasteiger partial charge in [-0.05, 0) is 35.2 Å². The third-order valence-corrected chi connectivity index (χ3v) is 7.45. The number of thiophene rings is 1. The topological polar surface area (TPSA) is 94.5 Å². The first-order valence-electron chi connectivity index (χ1n) is 10.9. The summed E-state index contributed by atoms with van der Waals surface area (Å²) in [5.74, 6) is -1.07. The maximum absolute atomic E-state index is 13.4. The number of hydrogen-bond acceptors (Lipinski definition) is 8. The van der Waals surface area contributed by atoms with E-state index in [0.29, 0.717) is 17.1 Å². The number of likely N-dealkylation sites (tertiary alicyclic amines) is 1. The van der Waals surface area contributed by atoms with Gasteiger partial charge in [-0.1, -0.05) is 35.3 Å². The molecular weight excluding hydrogens is 541 g/mol. The average molecular weight is 564 g/mol. The van der Waals surface area contributed by atoms with E-state index in [9.17, 15) is 14.7 Å². The fraction of sp³-hybridized carbons (Fsp3) is 0.231. The Labute approximate surface area is 227 Å². The summed E-state index contributed by atoms with van der Waals surface area (Å²) in [6.45, 7) is 0.152. The molecular formula is C26H23Cl2NO7S. The summed E-state index contributed by atoms with van der Waals surface area (Å²) in [5, 5.41) is 13.5. The maximum atomic E-state index is 13.4. The molecule has 2 heterocycles. The van der Waals surface area contributed by atoms with Crippen LogP contribution in [0.1, 0.15) is 22.0 Å². The van der Waals surface area contributed by atoms with Gasteiger partial charge in [-0.2, -0.15) is 0 Å². The van der Waals surface area contributed by atoms with Crippen LogP contribution in [0.5, 0.6) is 23.0 Å². The highest BCUT2D eigenvalue weighted by Gasteiger charge is 2.47. The van der Waals surface area contributed by atoms with E-state index in [2.05, 4.69) is 0 Å². The lowest BCUT2D eigenvalue weighted by atomic mass is 9.94. The molecule has 1 saturated heterocycles. The molecule has 1 aromatic heterocycles. The molecule has 0 spiro atoms. The van der Waals surface area contributed by atoms with Crippen molar-refractivity contribution in [3.8, 4) is 23.0 Å². The number of rotatable bonds is 8. The van der Waals surface area contributed by atoms with E-state index in [1.807, 2.05) is 17.5 Å². The molecule has 3 aromatic rings. The standard InChI is InChI=1S/C26H23Cl2NO7S/c1-33-17-8-7-13(10-18(17)34-2)21-19(23(31)26(32)29(21)12-14-6-5-9-37-14)22(30)15-11-16(27)25(36-4)20(28)24(15)35-3/h5-11,21,30H,12H2,1-4H3/b22-19+. The van der Waals surface area contributed by atoms with Crippen molar-refractivity contribution in [1.29, 1.82) is 0 Å². The summed E-state index contributed by atoms with van der Waals surface area (Å²) >= 11 is 14.2. The van der Waals surface area contributed by atoms with Gasteiger partial charge in [0, 0.05) is 4.88 Å². The Morgan fingerprint density at radius 2 is 1.68 bits per heavy atom. The van der Waals surface area contributed by atoms with E-state index in [0.717, 1.165) is 4.88 Å². The second-order valence-electron chi connectivity index (χ2n) is 7.91. The highest BCUT2D eigenvalue weighted by Crippen LogP contribution is 2.48. The summed E-state index contributed by atoms with van der Waals surface area (Å²) in [4.78, 5) is 29.0. The van der Waals surface area contributed by atoms with Crippen LogP contribution in [0, 0.1) is 0 Å². The van der Waals surface area contributed by atoms with Crippen LogP contribution in [0.2, 0.25) is 10.0 Å². The minimum Gasteiger partial charge on any atom is -0.507 e. The summed E-state index contributed by atoms with van der Waals surface area (Å²) in [7, 11) is 5.73. The molecule has 11 heteroatoms. The van der Waals surface area contributed by atoms with Crippen molar-refractivity contribution in [2.75, 3.05) is 28.4 Å². The third-order valence-electron chi connectivity index (χ3n) is 5.96. The molecule has 1 N–H and O–H groups in total. The second kappa shape index (κ2) is 10.9. The van der Waals surface area contributed by atoms with Gasteiger partial charge in [-0.15, -0.1) is 11.3 Å². The number of carbonyl (C=O) groups excluding carboxylic acids is 2. The lowest BCUT2D eigenvalue weighted by Crippen LogP contribution is -2.28. The number of hydrogen-bond donors (Lipinski definition) is 1. The predicted octanol–water partition coefficient (Wildman–Crippen LogP) is 5.71. The monoisotopic (exact) mass is 563 g/mol. The molecule has 0 aliphatic carbocycles. The number of carbonyl (C=O) groups is 2. The number of benzene rings is 2. The first kappa shape index (κ1) is 26.7. The van der Waals surface area contributed by atoms with E-state index >= 15 is 0 Å². The third kappa shape index (κ3) is 4.70. The van der Waals surface area contributed by atoms with Crippen LogP contribution >= 0.6 is 34.5 Å². The molecule has 1 atom stereocenters. The normalized spacial score (nSPS) is 16.7. The Bertz CT molecular complexity index is 1390. The van der Waals surface area contributed by atoms with Gasteiger partial charge in [0.05, 0.1) is 57.2 Å². The molecule has 1 aliphatic rings. The highest BCUT2D eigenvalue weighted by molar-refractivity contribution is 7.09. The zero-order valence-electron chi connectivity index (χ0n) is 20.3. The Kier molecular flexibility index (Phi) is 7.87. The van der Waals surface area contributed by atoms with E-state index in [-0.39, 0.29) is 39.2 Å². The van der Waals surface area contributed by atoms with Gasteiger partial charge in [-0.25, -0.2) is 0 Å². The van der Waals surface area contributed by atoms with Crippen LogP contribution in [-0.4, -0.2) is 50.1 Å². The van der Waals surface area contributed by atoms with Gasteiger partial charge in [0.25, 0.3) is 11.7 Å². The minimum atomic E-state index is -0.953. The SMILES string of the molecule is COc1ccc(C2/C(=C(\O)c3cc(Cl)c(OC)c(Cl)c3OC)C(=O)C(=O)N2Cc2cccs2)cc1OC. The molecule has 8 nitrogen and oxygen atoms in total. The van der Waals surface area contributed by atoms with Crippen LogP contribution in [0.15, 0.2) is 47.4 Å². The molecule has 1 amide bonds. The van der Waals surface area contributed by atoms with Gasteiger partial charge >= 0.3 is 0 Å². The van der Waals surface area contributed by atoms with Crippen LogP contribution in [-0.2, 0) is 16.1 Å². The number of methoxy groups -OCH3 is 4. The molecule has 0 bridgehead atoms. The van der Waals surface area contributed by atoms with E-state index in [4.69, 9.17) is 42.1 Å². The van der Waals surface area contributed by atoms with Crippen molar-refractivity contribution in [2.45, 2.75) is 12.6 Å². The number of aliphatic hydroxyl groups is 1. The smallest absolute Gasteiger partial charge is 0.295 e. The average Bonchev–Trinajstić information content (AvgIpc) is 3.50. The zero-order valence-corrected chi connectivity index (χ0v) is 22.7. The maximum Gasteiger partial charge on any atom is 0.295 e. The summed E-state index contributed by atoms with van der Waals surface area (Å²) in [5.41, 5.74) is 0.418. The summed E-state index contributed by atoms with van der Waals surface area (Å²) < 4.78 is 21.4. The molecule has 1 fully saturated rings.